The number of amides is 3. The van der Waals surface area contributed by atoms with Crippen molar-refractivity contribution >= 4 is 47.9 Å². The molecule has 1 aliphatic heterocycles. The highest BCUT2D eigenvalue weighted by Gasteiger charge is 2.34. The maximum Gasteiger partial charge on any atom is 0.320 e. The first kappa shape index (κ1) is 70.6. The number of aliphatic carboxylic acids is 4. The first-order chi connectivity index (χ1) is 35.0. The molecular weight excluding hydrogens is 977 g/mol. The molecule has 1 fully saturated rings. The summed E-state index contributed by atoms with van der Waals surface area (Å²) in [5, 5.41) is 50.9. The molecule has 0 saturated carbocycles. The minimum Gasteiger partial charge on any atom is -0.480 e. The zero-order valence-corrected chi connectivity index (χ0v) is 47.4. The molecule has 1 heterocycles. The van der Waals surface area contributed by atoms with Gasteiger partial charge in [-0.2, -0.15) is 0 Å². The smallest absolute Gasteiger partial charge is 0.320 e. The summed E-state index contributed by atoms with van der Waals surface area (Å²) < 4.78 is 17.3. The van der Waals surface area contributed by atoms with E-state index in [1.165, 1.54) is 22.6 Å². The number of unbranched alkanes of at least 4 members (excludes halogenated alkanes) is 4. The third-order valence-electron chi connectivity index (χ3n) is 12.3. The minimum absolute atomic E-state index is 0.0444. The Kier molecular flexibility index (Phi) is 35.2. The second-order valence-electron chi connectivity index (χ2n) is 22.7. The number of ether oxygens (including phenoxy) is 3. The molecule has 23 heteroatoms. The summed E-state index contributed by atoms with van der Waals surface area (Å²) in [5.41, 5.74) is -2.16. The topological polar surface area (TPSA) is 306 Å². The Hall–Kier alpha value is -4.36. The Balaban J connectivity index is 0.00000725. The second-order valence-corrected chi connectivity index (χ2v) is 22.7. The van der Waals surface area contributed by atoms with Gasteiger partial charge in [0.05, 0.1) is 64.8 Å². The number of nitrogens with zero attached hydrogens (tertiary/aromatic N) is 4. The molecule has 23 nitrogen and oxygen atoms in total. The number of nitrogens with one attached hydrogen (secondary N) is 4. The van der Waals surface area contributed by atoms with Gasteiger partial charge in [0.15, 0.2) is 0 Å². The van der Waals surface area contributed by atoms with Gasteiger partial charge in [0, 0.05) is 88.6 Å². The number of hydrogen-bond donors (Lipinski definition) is 8. The maximum absolute atomic E-state index is 13.6. The summed E-state index contributed by atoms with van der Waals surface area (Å²) in [6.07, 6.45) is 6.91. The zero-order valence-electron chi connectivity index (χ0n) is 47.4. The lowest BCUT2D eigenvalue weighted by atomic mass is 9.91. The Bertz CT molecular complexity index is 1720. The number of carbonyl (C=O) groups is 8. The maximum atomic E-state index is 13.6. The molecule has 436 valence electrons. The van der Waals surface area contributed by atoms with E-state index in [0.29, 0.717) is 19.6 Å². The van der Waals surface area contributed by atoms with E-state index < -0.39 is 64.7 Å². The molecule has 2 atom stereocenters. The summed E-state index contributed by atoms with van der Waals surface area (Å²) in [5.74, 6) is -5.59. The SMILES string of the molecule is CCCCCC=O.CNCCCCC(NC(=O)C(C)(C)COCC(C)(C)COC)C(=O)NCC(C)(C)COCC(C)(C)CNC(=O)CCC(C(=O)O)N1CCN(CC(=O)O)CCN(CC(=O)O)CCN(CC(=O)O)C1. The molecule has 0 aromatic heterocycles. The largest absolute Gasteiger partial charge is 0.480 e. The molecule has 0 aromatic rings. The minimum atomic E-state index is -1.24. The fourth-order valence-electron chi connectivity index (χ4n) is 7.87. The van der Waals surface area contributed by atoms with Gasteiger partial charge in [-0.25, -0.2) is 0 Å². The van der Waals surface area contributed by atoms with Crippen LogP contribution in [0.15, 0.2) is 0 Å². The van der Waals surface area contributed by atoms with Crippen LogP contribution in [0, 0.1) is 21.7 Å². The molecule has 0 aromatic carbocycles. The molecular formula is C52H98N8O15. The highest BCUT2D eigenvalue weighted by atomic mass is 16.5. The molecule has 75 heavy (non-hydrogen) atoms. The van der Waals surface area contributed by atoms with E-state index in [0.717, 1.165) is 38.5 Å². The van der Waals surface area contributed by atoms with Gasteiger partial charge in [-0.15, -0.1) is 0 Å². The average Bonchev–Trinajstić information content (AvgIpc) is 3.33. The van der Waals surface area contributed by atoms with Crippen molar-refractivity contribution in [1.82, 2.24) is 40.9 Å². The monoisotopic (exact) mass is 1070 g/mol. The van der Waals surface area contributed by atoms with Crippen molar-refractivity contribution in [3.8, 4) is 0 Å². The number of rotatable bonds is 37. The Morgan fingerprint density at radius 3 is 1.64 bits per heavy atom. The molecule has 0 spiro atoms. The second kappa shape index (κ2) is 37.4. The van der Waals surface area contributed by atoms with Crippen LogP contribution >= 0.6 is 0 Å². The van der Waals surface area contributed by atoms with Crippen LogP contribution < -0.4 is 21.3 Å². The number of carboxylic acids is 4. The number of methoxy groups -OCH3 is 1. The van der Waals surface area contributed by atoms with Crippen molar-refractivity contribution in [3.63, 3.8) is 0 Å². The normalized spacial score (nSPS) is 15.8. The van der Waals surface area contributed by atoms with E-state index >= 15 is 0 Å². The zero-order chi connectivity index (χ0) is 57.3. The molecule has 1 saturated heterocycles. The van der Waals surface area contributed by atoms with Gasteiger partial charge in [-0.05, 0) is 59.5 Å². The molecule has 1 rings (SSSR count). The van der Waals surface area contributed by atoms with E-state index in [-0.39, 0.29) is 122 Å². The molecule has 0 radical (unpaired) electrons. The van der Waals surface area contributed by atoms with Crippen LogP contribution in [0.25, 0.3) is 0 Å². The number of hydrogen-bond acceptors (Lipinski definition) is 16. The summed E-state index contributed by atoms with van der Waals surface area (Å²) in [4.78, 5) is 104. The fraction of sp³-hybridized carbons (Fsp3) is 0.846. The molecule has 3 amide bonds. The quantitative estimate of drug-likeness (QED) is 0.0327. The average molecular weight is 1080 g/mol. The standard InChI is InChI=1S/C46H86N8O14.C6H12O/c1-43(2,29-67-30-44(3,4)27-49-40(62)34(13-11-12-16-47-9)50-42(65)46(7,8)32-68-31-45(5,6)28-66-10)26-48-36(55)15-14-35(41(63)64)54-22-21-52(24-38(58)59)18-17-51(23-37(56)57)19-20-53(33-54)25-39(60)61;1-2-3-4-5-6-7/h34-35,47H,11-33H2,1-10H3,(H,48,55)(H,49,62)(H,50,65)(H,56,57)(H,58,59)(H,60,61)(H,63,64);6H,2-5H2,1H3. The van der Waals surface area contributed by atoms with E-state index in [4.69, 9.17) is 14.2 Å². The van der Waals surface area contributed by atoms with Gasteiger partial charge in [0.2, 0.25) is 17.7 Å². The first-order valence-corrected chi connectivity index (χ1v) is 26.4. The van der Waals surface area contributed by atoms with Crippen LogP contribution in [-0.4, -0.2) is 232 Å². The van der Waals surface area contributed by atoms with E-state index in [9.17, 15) is 58.8 Å². The van der Waals surface area contributed by atoms with Gasteiger partial charge in [-0.3, -0.25) is 53.2 Å². The van der Waals surface area contributed by atoms with Gasteiger partial charge < -0.3 is 60.7 Å². The van der Waals surface area contributed by atoms with Crippen LogP contribution in [0.1, 0.15) is 120 Å². The van der Waals surface area contributed by atoms with Crippen LogP contribution in [0.3, 0.4) is 0 Å². The van der Waals surface area contributed by atoms with E-state index in [1.54, 1.807) is 30.8 Å². The molecule has 0 aliphatic carbocycles. The van der Waals surface area contributed by atoms with Gasteiger partial charge in [-0.1, -0.05) is 61.3 Å². The lowest BCUT2D eigenvalue weighted by Gasteiger charge is -2.34. The number of carboxylic acid groups (broad SMARTS) is 4. The molecule has 8 N–H and O–H groups in total. The van der Waals surface area contributed by atoms with Crippen molar-refractivity contribution in [2.24, 2.45) is 21.7 Å². The van der Waals surface area contributed by atoms with Crippen molar-refractivity contribution < 1.29 is 73.0 Å². The highest BCUT2D eigenvalue weighted by Crippen LogP contribution is 2.23. The fourth-order valence-corrected chi connectivity index (χ4v) is 7.87. The summed E-state index contributed by atoms with van der Waals surface area (Å²) in [6, 6.07) is -1.97. The summed E-state index contributed by atoms with van der Waals surface area (Å²) in [7, 11) is 3.49. The van der Waals surface area contributed by atoms with Crippen LogP contribution in [0.5, 0.6) is 0 Å². The Morgan fingerprint density at radius 2 is 1.13 bits per heavy atom. The van der Waals surface area contributed by atoms with E-state index in [2.05, 4.69) is 28.2 Å². The molecule has 2 unspecified atom stereocenters. The van der Waals surface area contributed by atoms with Gasteiger partial charge in [0.25, 0.3) is 0 Å². The van der Waals surface area contributed by atoms with Crippen molar-refractivity contribution in [3.05, 3.63) is 0 Å². The Labute approximate surface area is 446 Å². The van der Waals surface area contributed by atoms with Crippen molar-refractivity contribution in [1.29, 1.82) is 0 Å². The highest BCUT2D eigenvalue weighted by molar-refractivity contribution is 5.90. The van der Waals surface area contributed by atoms with E-state index in [1.807, 2.05) is 48.6 Å². The number of aldehydes is 1. The summed E-state index contributed by atoms with van der Waals surface area (Å²) >= 11 is 0. The predicted octanol–water partition coefficient (Wildman–Crippen LogP) is 2.31. The molecule has 1 aliphatic rings. The van der Waals surface area contributed by atoms with Gasteiger partial charge >= 0.3 is 23.9 Å². The molecule has 0 bridgehead atoms. The van der Waals surface area contributed by atoms with Crippen LogP contribution in [0.4, 0.5) is 0 Å². The van der Waals surface area contributed by atoms with Crippen molar-refractivity contribution in [2.45, 2.75) is 132 Å². The van der Waals surface area contributed by atoms with Crippen molar-refractivity contribution in [2.75, 3.05) is 132 Å². The summed E-state index contributed by atoms with van der Waals surface area (Å²) in [6.45, 7) is 19.8. The van der Waals surface area contributed by atoms with Crippen LogP contribution in [0.2, 0.25) is 0 Å². The van der Waals surface area contributed by atoms with Crippen LogP contribution in [-0.2, 0) is 52.6 Å². The number of carbonyl (C=O) groups excluding carboxylic acids is 4. The first-order valence-electron chi connectivity index (χ1n) is 26.4. The third-order valence-corrected chi connectivity index (χ3v) is 12.3. The Morgan fingerprint density at radius 1 is 0.627 bits per heavy atom. The third kappa shape index (κ3) is 34.8. The predicted molar refractivity (Wildman–Crippen MR) is 284 cm³/mol. The van der Waals surface area contributed by atoms with Gasteiger partial charge in [0.1, 0.15) is 18.4 Å². The lowest BCUT2D eigenvalue weighted by molar-refractivity contribution is -0.146. The lowest BCUT2D eigenvalue weighted by Crippen LogP contribution is -2.52.